The van der Waals surface area contributed by atoms with Gasteiger partial charge in [-0.05, 0) is 32.3 Å². The Kier molecular flexibility index (Phi) is 4.74. The van der Waals surface area contributed by atoms with E-state index in [-0.39, 0.29) is 6.03 Å². The van der Waals surface area contributed by atoms with Gasteiger partial charge in [0.2, 0.25) is 5.91 Å². The van der Waals surface area contributed by atoms with E-state index in [0.29, 0.717) is 25.3 Å². The zero-order valence-corrected chi connectivity index (χ0v) is 14.5. The molecule has 0 radical (unpaired) electrons. The van der Waals surface area contributed by atoms with E-state index < -0.39 is 11.9 Å². The average Bonchev–Trinajstić information content (AvgIpc) is 3.17. The fourth-order valence-electron chi connectivity index (χ4n) is 3.22. The van der Waals surface area contributed by atoms with E-state index in [1.54, 1.807) is 10.9 Å². The van der Waals surface area contributed by atoms with Crippen LogP contribution in [0.1, 0.15) is 29.5 Å². The number of hydrogen-bond donors (Lipinski definition) is 2. The van der Waals surface area contributed by atoms with E-state index in [0.717, 1.165) is 17.5 Å². The molecule has 3 N–H and O–H groups in total. The van der Waals surface area contributed by atoms with Gasteiger partial charge >= 0.3 is 6.03 Å². The molecule has 25 heavy (non-hydrogen) atoms. The minimum atomic E-state index is -0.534. The third kappa shape index (κ3) is 3.65. The van der Waals surface area contributed by atoms with Gasteiger partial charge in [-0.3, -0.25) is 10.1 Å². The van der Waals surface area contributed by atoms with Crippen LogP contribution in [0.3, 0.4) is 0 Å². The first kappa shape index (κ1) is 17.0. The highest BCUT2D eigenvalue weighted by Crippen LogP contribution is 2.21. The number of rotatable bonds is 4. The number of nitrogens with one attached hydrogen (secondary N) is 1. The SMILES string of the molecule is Cc1cccc(Cn2ncc(C)c2NC(=O)N2CCC[C@@H]2C(N)=O)c1. The van der Waals surface area contributed by atoms with Crippen LogP contribution in [0.15, 0.2) is 30.5 Å². The monoisotopic (exact) mass is 341 g/mol. The zero-order chi connectivity index (χ0) is 18.0. The molecule has 2 heterocycles. The molecule has 3 amide bonds. The summed E-state index contributed by atoms with van der Waals surface area (Å²) >= 11 is 0. The number of amides is 3. The second-order valence-corrected chi connectivity index (χ2v) is 6.51. The number of anilines is 1. The maximum atomic E-state index is 12.6. The molecular weight excluding hydrogens is 318 g/mol. The Bertz CT molecular complexity index is 799. The van der Waals surface area contributed by atoms with Crippen LogP contribution in [-0.4, -0.2) is 39.2 Å². The highest BCUT2D eigenvalue weighted by atomic mass is 16.2. The number of primary amides is 1. The van der Waals surface area contributed by atoms with Crippen molar-refractivity contribution in [2.45, 2.75) is 39.3 Å². The summed E-state index contributed by atoms with van der Waals surface area (Å²) in [6.07, 6.45) is 3.12. The molecule has 1 saturated heterocycles. The van der Waals surface area contributed by atoms with Crippen LogP contribution >= 0.6 is 0 Å². The van der Waals surface area contributed by atoms with Crippen molar-refractivity contribution >= 4 is 17.8 Å². The zero-order valence-electron chi connectivity index (χ0n) is 14.5. The molecule has 0 spiro atoms. The Morgan fingerprint density at radius 2 is 2.16 bits per heavy atom. The van der Waals surface area contributed by atoms with E-state index in [1.807, 2.05) is 32.0 Å². The van der Waals surface area contributed by atoms with Gasteiger partial charge in [0.15, 0.2) is 0 Å². The molecule has 3 rings (SSSR count). The van der Waals surface area contributed by atoms with Crippen LogP contribution < -0.4 is 11.1 Å². The van der Waals surface area contributed by atoms with E-state index >= 15 is 0 Å². The molecule has 1 fully saturated rings. The number of aryl methyl sites for hydroxylation is 2. The number of aromatic nitrogens is 2. The normalized spacial score (nSPS) is 16.9. The molecular formula is C18H23N5O2. The maximum absolute atomic E-state index is 12.6. The summed E-state index contributed by atoms with van der Waals surface area (Å²) < 4.78 is 1.76. The van der Waals surface area contributed by atoms with Crippen LogP contribution in [0.4, 0.5) is 10.6 Å². The standard InChI is InChI=1S/C18H23N5O2/c1-12-5-3-6-14(9-12)11-23-17(13(2)10-20-23)21-18(25)22-8-4-7-15(22)16(19)24/h3,5-6,9-10,15H,4,7-8,11H2,1-2H3,(H2,19,24)(H,21,25)/t15-/m1/s1. The van der Waals surface area contributed by atoms with Gasteiger partial charge in [0, 0.05) is 12.1 Å². The third-order valence-electron chi connectivity index (χ3n) is 4.50. The Morgan fingerprint density at radius 3 is 2.88 bits per heavy atom. The smallest absolute Gasteiger partial charge is 0.323 e. The van der Waals surface area contributed by atoms with Crippen LogP contribution in [0.25, 0.3) is 0 Å². The lowest BCUT2D eigenvalue weighted by atomic mass is 10.1. The van der Waals surface area contributed by atoms with Gasteiger partial charge in [-0.25, -0.2) is 9.48 Å². The number of nitrogens with two attached hydrogens (primary N) is 1. The predicted molar refractivity (Wildman–Crippen MR) is 95.2 cm³/mol. The van der Waals surface area contributed by atoms with Crippen molar-refractivity contribution in [1.29, 1.82) is 0 Å². The lowest BCUT2D eigenvalue weighted by Crippen LogP contribution is -2.45. The lowest BCUT2D eigenvalue weighted by Gasteiger charge is -2.23. The first-order valence-electron chi connectivity index (χ1n) is 8.40. The van der Waals surface area contributed by atoms with E-state index in [1.165, 1.54) is 10.5 Å². The number of carbonyl (C=O) groups excluding carboxylic acids is 2. The highest BCUT2D eigenvalue weighted by Gasteiger charge is 2.33. The minimum Gasteiger partial charge on any atom is -0.368 e. The number of benzene rings is 1. The Balaban J connectivity index is 1.78. The van der Waals surface area contributed by atoms with Gasteiger partial charge in [-0.2, -0.15) is 5.10 Å². The lowest BCUT2D eigenvalue weighted by molar-refractivity contribution is -0.121. The summed E-state index contributed by atoms with van der Waals surface area (Å²) in [5.41, 5.74) is 8.55. The number of likely N-dealkylation sites (tertiary alicyclic amines) is 1. The van der Waals surface area contributed by atoms with Gasteiger partial charge in [-0.15, -0.1) is 0 Å². The molecule has 1 atom stereocenters. The summed E-state index contributed by atoms with van der Waals surface area (Å²) in [6.45, 7) is 5.03. The van der Waals surface area contributed by atoms with Crippen LogP contribution in [0, 0.1) is 13.8 Å². The van der Waals surface area contributed by atoms with Gasteiger partial charge in [-0.1, -0.05) is 29.8 Å². The van der Waals surface area contributed by atoms with Crippen molar-refractivity contribution in [2.24, 2.45) is 5.73 Å². The molecule has 2 aromatic rings. The first-order chi connectivity index (χ1) is 12.0. The van der Waals surface area contributed by atoms with Crippen molar-refractivity contribution in [3.63, 3.8) is 0 Å². The second-order valence-electron chi connectivity index (χ2n) is 6.51. The molecule has 1 aromatic heterocycles. The highest BCUT2D eigenvalue weighted by molar-refractivity contribution is 5.93. The van der Waals surface area contributed by atoms with E-state index in [4.69, 9.17) is 5.73 Å². The van der Waals surface area contributed by atoms with E-state index in [2.05, 4.69) is 16.5 Å². The summed E-state index contributed by atoms with van der Waals surface area (Å²) in [4.78, 5) is 25.6. The Morgan fingerprint density at radius 1 is 1.36 bits per heavy atom. The molecule has 0 unspecified atom stereocenters. The number of urea groups is 1. The van der Waals surface area contributed by atoms with Gasteiger partial charge in [0.25, 0.3) is 0 Å². The van der Waals surface area contributed by atoms with Crippen molar-refractivity contribution in [3.05, 3.63) is 47.2 Å². The van der Waals surface area contributed by atoms with Crippen molar-refractivity contribution in [1.82, 2.24) is 14.7 Å². The summed E-state index contributed by atoms with van der Waals surface area (Å²) in [5, 5.41) is 7.27. The van der Waals surface area contributed by atoms with Crippen LogP contribution in [-0.2, 0) is 11.3 Å². The van der Waals surface area contributed by atoms with Gasteiger partial charge in [0.05, 0.1) is 12.7 Å². The maximum Gasteiger partial charge on any atom is 0.323 e. The molecule has 0 bridgehead atoms. The number of nitrogens with zero attached hydrogens (tertiary/aromatic N) is 3. The third-order valence-corrected chi connectivity index (χ3v) is 4.50. The summed E-state index contributed by atoms with van der Waals surface area (Å²) in [6, 6.07) is 7.31. The van der Waals surface area contributed by atoms with E-state index in [9.17, 15) is 9.59 Å². The van der Waals surface area contributed by atoms with Gasteiger partial charge < -0.3 is 10.6 Å². The fourth-order valence-corrected chi connectivity index (χ4v) is 3.22. The Hall–Kier alpha value is -2.83. The molecule has 0 saturated carbocycles. The minimum absolute atomic E-state index is 0.310. The fraction of sp³-hybridized carbons (Fsp3) is 0.389. The largest absolute Gasteiger partial charge is 0.368 e. The molecule has 1 aromatic carbocycles. The predicted octanol–water partition coefficient (Wildman–Crippen LogP) is 2.03. The summed E-state index contributed by atoms with van der Waals surface area (Å²) in [7, 11) is 0. The van der Waals surface area contributed by atoms with Crippen LogP contribution in [0.2, 0.25) is 0 Å². The molecule has 0 aliphatic carbocycles. The molecule has 1 aliphatic rings. The molecule has 1 aliphatic heterocycles. The quantitative estimate of drug-likeness (QED) is 0.891. The second kappa shape index (κ2) is 6.96. The Labute approximate surface area is 146 Å². The molecule has 132 valence electrons. The molecule has 7 heteroatoms. The van der Waals surface area contributed by atoms with Crippen molar-refractivity contribution in [2.75, 3.05) is 11.9 Å². The van der Waals surface area contributed by atoms with Crippen molar-refractivity contribution < 1.29 is 9.59 Å². The topological polar surface area (TPSA) is 93.2 Å². The van der Waals surface area contributed by atoms with Gasteiger partial charge in [0.1, 0.15) is 11.9 Å². The first-order valence-corrected chi connectivity index (χ1v) is 8.40. The average molecular weight is 341 g/mol. The molecule has 7 nitrogen and oxygen atoms in total. The van der Waals surface area contributed by atoms with Crippen LogP contribution in [0.5, 0.6) is 0 Å². The number of hydrogen-bond acceptors (Lipinski definition) is 3. The number of carbonyl (C=O) groups is 2. The summed E-state index contributed by atoms with van der Waals surface area (Å²) in [5.74, 6) is 0.180. The van der Waals surface area contributed by atoms with Crippen molar-refractivity contribution in [3.8, 4) is 0 Å².